The van der Waals surface area contributed by atoms with Crippen LogP contribution in [0.5, 0.6) is 0 Å². The number of aromatic nitrogens is 3. The number of anilines is 1. The maximum Gasteiger partial charge on any atom is 0.330 e. The standard InChI is InChI=1S/C25H25N5O2/c31-24(27-20-11-5-2-6-12-20)28-16-8-13-21(18-28)30-23-22(14-7-15-26-23)29(25(30)32)17-19-9-3-1-4-10-19/h1-7,9-12,14-15,21H,8,13,16-18H2,(H,27,31)/t21-/m0/s1. The molecule has 1 atom stereocenters. The highest BCUT2D eigenvalue weighted by atomic mass is 16.2. The highest BCUT2D eigenvalue weighted by molar-refractivity contribution is 5.89. The number of piperidine rings is 1. The van der Waals surface area contributed by atoms with E-state index in [9.17, 15) is 9.59 Å². The topological polar surface area (TPSA) is 72.2 Å². The first-order valence-corrected chi connectivity index (χ1v) is 10.9. The third kappa shape index (κ3) is 3.89. The molecule has 3 heterocycles. The molecule has 0 unspecified atom stereocenters. The number of fused-ring (bicyclic) bond motifs is 1. The second-order valence-electron chi connectivity index (χ2n) is 8.11. The molecule has 2 amide bonds. The van der Waals surface area contributed by atoms with Gasteiger partial charge >= 0.3 is 11.7 Å². The molecule has 1 aliphatic rings. The number of nitrogens with one attached hydrogen (secondary N) is 1. The van der Waals surface area contributed by atoms with Gasteiger partial charge in [-0.05, 0) is 42.7 Å². The zero-order valence-corrected chi connectivity index (χ0v) is 17.7. The zero-order chi connectivity index (χ0) is 21.9. The first kappa shape index (κ1) is 20.1. The first-order chi connectivity index (χ1) is 15.7. The van der Waals surface area contributed by atoms with E-state index in [-0.39, 0.29) is 17.8 Å². The van der Waals surface area contributed by atoms with Crippen LogP contribution in [0.15, 0.2) is 83.8 Å². The normalized spacial score (nSPS) is 16.2. The summed E-state index contributed by atoms with van der Waals surface area (Å²) in [5.74, 6) is 0. The Morgan fingerprint density at radius 3 is 2.53 bits per heavy atom. The number of benzene rings is 2. The highest BCUT2D eigenvalue weighted by Gasteiger charge is 2.28. The van der Waals surface area contributed by atoms with Crippen LogP contribution in [0.4, 0.5) is 10.5 Å². The number of pyridine rings is 1. The van der Waals surface area contributed by atoms with Gasteiger partial charge in [0.1, 0.15) is 0 Å². The number of rotatable bonds is 4. The van der Waals surface area contributed by atoms with Gasteiger partial charge in [-0.2, -0.15) is 0 Å². The van der Waals surface area contributed by atoms with Gasteiger partial charge in [0.15, 0.2) is 5.65 Å². The van der Waals surface area contributed by atoms with Crippen LogP contribution in [-0.2, 0) is 6.54 Å². The number of urea groups is 1. The molecule has 1 aliphatic heterocycles. The Morgan fingerprint density at radius 1 is 1.00 bits per heavy atom. The summed E-state index contributed by atoms with van der Waals surface area (Å²) < 4.78 is 3.56. The van der Waals surface area contributed by atoms with Crippen molar-refractivity contribution >= 4 is 22.9 Å². The van der Waals surface area contributed by atoms with E-state index >= 15 is 0 Å². The molecule has 7 heteroatoms. The Hall–Kier alpha value is -3.87. The fraction of sp³-hybridized carbons (Fsp3) is 0.240. The molecule has 4 aromatic rings. The number of nitrogens with zero attached hydrogens (tertiary/aromatic N) is 4. The number of likely N-dealkylation sites (tertiary alicyclic amines) is 1. The summed E-state index contributed by atoms with van der Waals surface area (Å²) >= 11 is 0. The molecule has 2 aromatic heterocycles. The average Bonchev–Trinajstić information content (AvgIpc) is 3.12. The monoisotopic (exact) mass is 427 g/mol. The van der Waals surface area contributed by atoms with E-state index in [0.29, 0.717) is 25.3 Å². The minimum atomic E-state index is -0.144. The van der Waals surface area contributed by atoms with Gasteiger partial charge in [-0.3, -0.25) is 9.13 Å². The van der Waals surface area contributed by atoms with E-state index in [1.165, 1.54) is 0 Å². The van der Waals surface area contributed by atoms with Crippen LogP contribution in [0.1, 0.15) is 24.4 Å². The van der Waals surface area contributed by atoms with Crippen molar-refractivity contribution < 1.29 is 4.79 Å². The van der Waals surface area contributed by atoms with Gasteiger partial charge in [0.25, 0.3) is 0 Å². The van der Waals surface area contributed by atoms with Crippen molar-refractivity contribution in [2.75, 3.05) is 18.4 Å². The first-order valence-electron chi connectivity index (χ1n) is 10.9. The van der Waals surface area contributed by atoms with Crippen molar-refractivity contribution in [2.24, 2.45) is 0 Å². The van der Waals surface area contributed by atoms with Crippen molar-refractivity contribution in [3.8, 4) is 0 Å². The Labute approximate surface area is 185 Å². The number of hydrogen-bond donors (Lipinski definition) is 1. The molecule has 1 fully saturated rings. The molecule has 2 aromatic carbocycles. The van der Waals surface area contributed by atoms with Gasteiger partial charge in [0.2, 0.25) is 0 Å². The van der Waals surface area contributed by atoms with Crippen LogP contribution in [0.25, 0.3) is 11.2 Å². The van der Waals surface area contributed by atoms with Crippen LogP contribution in [0.2, 0.25) is 0 Å². The molecule has 5 rings (SSSR count). The van der Waals surface area contributed by atoms with E-state index in [2.05, 4.69) is 10.3 Å². The van der Waals surface area contributed by atoms with Gasteiger partial charge in [-0.25, -0.2) is 14.6 Å². The molecule has 7 nitrogen and oxygen atoms in total. The van der Waals surface area contributed by atoms with E-state index < -0.39 is 0 Å². The minimum Gasteiger partial charge on any atom is -0.322 e. The lowest BCUT2D eigenvalue weighted by Gasteiger charge is -2.33. The minimum absolute atomic E-state index is 0.0853. The van der Waals surface area contributed by atoms with Crippen molar-refractivity contribution in [1.29, 1.82) is 0 Å². The predicted molar refractivity (Wildman–Crippen MR) is 125 cm³/mol. The van der Waals surface area contributed by atoms with Gasteiger partial charge in [0, 0.05) is 25.0 Å². The number of hydrogen-bond acceptors (Lipinski definition) is 3. The van der Waals surface area contributed by atoms with Crippen molar-refractivity contribution in [1.82, 2.24) is 19.0 Å². The van der Waals surface area contributed by atoms with Crippen LogP contribution < -0.4 is 11.0 Å². The Balaban J connectivity index is 1.44. The summed E-state index contributed by atoms with van der Waals surface area (Å²) in [4.78, 5) is 32.7. The number of amides is 2. The highest BCUT2D eigenvalue weighted by Crippen LogP contribution is 2.25. The van der Waals surface area contributed by atoms with E-state index in [1.54, 1.807) is 20.2 Å². The molecule has 0 spiro atoms. The fourth-order valence-electron chi connectivity index (χ4n) is 4.43. The van der Waals surface area contributed by atoms with Crippen LogP contribution in [0, 0.1) is 0 Å². The largest absolute Gasteiger partial charge is 0.330 e. The third-order valence-electron chi connectivity index (χ3n) is 5.98. The summed E-state index contributed by atoms with van der Waals surface area (Å²) in [7, 11) is 0. The summed E-state index contributed by atoms with van der Waals surface area (Å²) in [5.41, 5.74) is 3.22. The molecule has 0 saturated carbocycles. The van der Waals surface area contributed by atoms with E-state index in [4.69, 9.17) is 0 Å². The van der Waals surface area contributed by atoms with Crippen molar-refractivity contribution in [3.05, 3.63) is 95.0 Å². The van der Waals surface area contributed by atoms with Gasteiger partial charge < -0.3 is 10.2 Å². The SMILES string of the molecule is O=C(Nc1ccccc1)N1CCC[C@H](n2c(=O)n(Cc3ccccc3)c3cccnc32)C1. The number of carbonyl (C=O) groups excluding carboxylic acids is 1. The third-order valence-corrected chi connectivity index (χ3v) is 5.98. The van der Waals surface area contributed by atoms with Crippen LogP contribution in [-0.4, -0.2) is 38.1 Å². The number of imidazole rings is 1. The average molecular weight is 428 g/mol. The summed E-state index contributed by atoms with van der Waals surface area (Å²) in [6.45, 7) is 1.62. The van der Waals surface area contributed by atoms with Gasteiger partial charge in [0.05, 0.1) is 18.1 Å². The lowest BCUT2D eigenvalue weighted by atomic mass is 10.1. The molecule has 0 bridgehead atoms. The zero-order valence-electron chi connectivity index (χ0n) is 17.7. The van der Waals surface area contributed by atoms with Crippen molar-refractivity contribution in [2.45, 2.75) is 25.4 Å². The maximum absolute atomic E-state index is 13.5. The predicted octanol–water partition coefficient (Wildman–Crippen LogP) is 4.12. The summed E-state index contributed by atoms with van der Waals surface area (Å²) in [6, 6.07) is 22.9. The molecule has 0 aliphatic carbocycles. The number of para-hydroxylation sites is 1. The molecule has 1 saturated heterocycles. The van der Waals surface area contributed by atoms with E-state index in [0.717, 1.165) is 29.6 Å². The van der Waals surface area contributed by atoms with E-state index in [1.807, 2.05) is 72.8 Å². The van der Waals surface area contributed by atoms with Crippen LogP contribution in [0.3, 0.4) is 0 Å². The Bertz CT molecular complexity index is 1280. The van der Waals surface area contributed by atoms with Gasteiger partial charge in [-0.1, -0.05) is 48.5 Å². The second kappa shape index (κ2) is 8.70. The molecular formula is C25H25N5O2. The lowest BCUT2D eigenvalue weighted by Crippen LogP contribution is -2.44. The fourth-order valence-corrected chi connectivity index (χ4v) is 4.43. The molecule has 32 heavy (non-hydrogen) atoms. The Kier molecular flexibility index (Phi) is 5.46. The Morgan fingerprint density at radius 2 is 1.75 bits per heavy atom. The lowest BCUT2D eigenvalue weighted by molar-refractivity contribution is 0.178. The quantitative estimate of drug-likeness (QED) is 0.533. The van der Waals surface area contributed by atoms with Crippen LogP contribution >= 0.6 is 0 Å². The smallest absolute Gasteiger partial charge is 0.322 e. The second-order valence-corrected chi connectivity index (χ2v) is 8.11. The summed E-state index contributed by atoms with van der Waals surface area (Å²) in [5, 5.41) is 2.95. The van der Waals surface area contributed by atoms with Gasteiger partial charge in [-0.15, -0.1) is 0 Å². The summed E-state index contributed by atoms with van der Waals surface area (Å²) in [6.07, 6.45) is 3.38. The molecule has 1 N–H and O–H groups in total. The molecule has 162 valence electrons. The molecule has 0 radical (unpaired) electrons. The number of carbonyl (C=O) groups is 1. The van der Waals surface area contributed by atoms with Crippen molar-refractivity contribution in [3.63, 3.8) is 0 Å². The maximum atomic E-state index is 13.5. The molecular weight excluding hydrogens is 402 g/mol.